The molecule has 1 aliphatic rings. The van der Waals surface area contributed by atoms with Crippen molar-refractivity contribution in [3.8, 4) is 0 Å². The number of likely N-dealkylation sites (N-methyl/N-ethyl adjacent to an activating group) is 2. The van der Waals surface area contributed by atoms with Gasteiger partial charge in [0.1, 0.15) is 60.4 Å². The molecule has 1 aliphatic heterocycles. The first-order valence-corrected chi connectivity index (χ1v) is 31.0. The van der Waals surface area contributed by atoms with Gasteiger partial charge in [0.05, 0.1) is 6.10 Å². The summed E-state index contributed by atoms with van der Waals surface area (Å²) in [5.41, 5.74) is 0. The first kappa shape index (κ1) is 76.9. The highest BCUT2D eigenvalue weighted by Crippen LogP contribution is 2.21. The van der Waals surface area contributed by atoms with Gasteiger partial charge in [0.25, 0.3) is 0 Å². The molecule has 486 valence electrons. The Kier molecular flexibility index (Phi) is 33.9. The van der Waals surface area contributed by atoms with E-state index in [2.05, 4.69) is 42.5 Å². The van der Waals surface area contributed by atoms with Crippen LogP contribution >= 0.6 is 0 Å². The van der Waals surface area contributed by atoms with Crippen LogP contribution in [0.3, 0.4) is 0 Å². The number of aliphatic hydroxyl groups excluding tert-OH is 1. The van der Waals surface area contributed by atoms with Crippen LogP contribution in [0.5, 0.6) is 0 Å². The van der Waals surface area contributed by atoms with Gasteiger partial charge in [0.15, 0.2) is 0 Å². The Hall–Kier alpha value is -6.13. The molecule has 13 atom stereocenters. The van der Waals surface area contributed by atoms with Gasteiger partial charge in [-0.1, -0.05) is 116 Å². The highest BCUT2D eigenvalue weighted by Gasteiger charge is 2.41. The summed E-state index contributed by atoms with van der Waals surface area (Å²) in [5, 5.41) is 33.5. The van der Waals surface area contributed by atoms with E-state index in [0.717, 1.165) is 19.3 Å². The summed E-state index contributed by atoms with van der Waals surface area (Å²) in [6, 6.07) is -11.5. The third kappa shape index (κ3) is 25.4. The highest BCUT2D eigenvalue weighted by molar-refractivity contribution is 5.99. The van der Waals surface area contributed by atoms with Crippen molar-refractivity contribution in [3.63, 3.8) is 0 Å². The van der Waals surface area contributed by atoms with E-state index < -0.39 is 137 Å². The van der Waals surface area contributed by atoms with Crippen LogP contribution in [0.1, 0.15) is 182 Å². The van der Waals surface area contributed by atoms with Crippen LogP contribution in [-0.2, 0) is 52.7 Å². The van der Waals surface area contributed by atoms with Crippen molar-refractivity contribution in [2.45, 2.75) is 255 Å². The summed E-state index contributed by atoms with van der Waals surface area (Å²) in [7, 11) is 2.92. The molecule has 0 aromatic heterocycles. The lowest BCUT2D eigenvalue weighted by atomic mass is 9.92. The predicted molar refractivity (Wildman–Crippen MR) is 328 cm³/mol. The lowest BCUT2D eigenvalue weighted by Gasteiger charge is -2.35. The number of rotatable bonds is 37. The maximum absolute atomic E-state index is 14.6. The molecule has 0 radical (unpaired) electrons. The molecule has 11 amide bonds. The molecule has 0 aliphatic carbocycles. The maximum Gasteiger partial charge on any atom is 0.245 e. The van der Waals surface area contributed by atoms with Crippen molar-refractivity contribution in [1.82, 2.24) is 57.2 Å². The first-order chi connectivity index (χ1) is 39.5. The fourth-order valence-corrected chi connectivity index (χ4v) is 10.1. The second kappa shape index (κ2) is 37.4. The first-order valence-electron chi connectivity index (χ1n) is 31.0. The SMILES string of the molecule is CC/C=C/C[C@@H](C)[C@@H](O)[C@H](NC(=O)[C@@H](NC(=O)[C@H](CC(C)C)N(C)C(=O)[C@H](CC(C)C)NC(=O)[C@@H](C)NC(=O)[C@H](C)NC(=O)[C@@H](CC(C)C)NC(=O)[C@H](NC(=O)[C@@H](CC(C)C)N(C)C=O)C(C)C)C(C)C)C(=O)N[C@@H](CC)C(=O)N1CCC[C@@H]1C. The number of likely N-dealkylation sites (tertiary alicyclic amines) is 1. The lowest BCUT2D eigenvalue weighted by molar-refractivity contribution is -0.144. The molecule has 0 aromatic carbocycles. The molecule has 1 saturated heterocycles. The summed E-state index contributed by atoms with van der Waals surface area (Å²) >= 11 is 0. The van der Waals surface area contributed by atoms with Gasteiger partial charge in [-0.25, -0.2) is 0 Å². The van der Waals surface area contributed by atoms with Gasteiger partial charge in [-0.15, -0.1) is 0 Å². The molecule has 0 bridgehead atoms. The van der Waals surface area contributed by atoms with E-state index in [4.69, 9.17) is 0 Å². The Bertz CT molecular complexity index is 2240. The van der Waals surface area contributed by atoms with Crippen LogP contribution in [-0.4, -0.2) is 178 Å². The molecule has 85 heavy (non-hydrogen) atoms. The second-order valence-corrected chi connectivity index (χ2v) is 25.9. The predicted octanol–water partition coefficient (Wildman–Crippen LogP) is 3.46. The van der Waals surface area contributed by atoms with Crippen molar-refractivity contribution < 1.29 is 57.8 Å². The van der Waals surface area contributed by atoms with E-state index in [0.29, 0.717) is 25.8 Å². The number of hydrogen-bond donors (Lipinski definition) is 9. The molecular weight excluding hydrogens is 1090 g/mol. The Balaban J connectivity index is 3.38. The Morgan fingerprint density at radius 1 is 0.518 bits per heavy atom. The Morgan fingerprint density at radius 2 is 0.941 bits per heavy atom. The molecule has 23 heteroatoms. The standard InChI is InChI=1S/C62H111N11O12/c1-21-23-24-26-40(15)52(75)51(60(83)65-44(22-2)62(85)73-28-25-27-41(73)16)70-59(82)50(39(13)14)69-57(80)48(32-37(9)10)72(20)61(84)46(30-35(5)6)67-54(77)43(18)63-53(76)42(17)64-55(78)45(29-34(3)4)66-58(81)49(38(11)12)68-56(79)47(31-36(7)8)71(19)33-74/h23-24,33-52,75H,21-22,25-32H2,1-20H3,(H,63,76)(H,64,78)(H,65,83)(H,66,81)(H,67,77)(H,68,79)(H,69,80)(H,70,82)/b24-23+/t40-,41+,42+,43-,44+,45-,46+,47-,48+,49-,50+,51+,52-/m1/s1. The molecule has 1 heterocycles. The summed E-state index contributed by atoms with van der Waals surface area (Å²) in [6.45, 7) is 32.6. The molecule has 1 rings (SSSR count). The molecule has 0 unspecified atom stereocenters. The topological polar surface area (TPSA) is 314 Å². The molecule has 23 nitrogen and oxygen atoms in total. The van der Waals surface area contributed by atoms with Crippen LogP contribution in [0, 0.1) is 41.4 Å². The minimum atomic E-state index is -1.51. The van der Waals surface area contributed by atoms with Gasteiger partial charge in [-0.05, 0) is 120 Å². The van der Waals surface area contributed by atoms with E-state index in [1.165, 1.54) is 37.7 Å². The smallest absolute Gasteiger partial charge is 0.245 e. The minimum Gasteiger partial charge on any atom is -0.390 e. The normalized spacial score (nSPS) is 17.8. The maximum atomic E-state index is 14.6. The van der Waals surface area contributed by atoms with Gasteiger partial charge < -0.3 is 62.3 Å². The van der Waals surface area contributed by atoms with Crippen LogP contribution in [0.25, 0.3) is 0 Å². The number of carbonyl (C=O) groups excluding carboxylic acids is 11. The van der Waals surface area contributed by atoms with Crippen LogP contribution in [0.15, 0.2) is 12.2 Å². The van der Waals surface area contributed by atoms with Crippen molar-refractivity contribution in [3.05, 3.63) is 12.2 Å². The van der Waals surface area contributed by atoms with Crippen molar-refractivity contribution in [2.24, 2.45) is 41.4 Å². The zero-order valence-electron chi connectivity index (χ0n) is 55.1. The number of nitrogens with one attached hydrogen (secondary N) is 8. The van der Waals surface area contributed by atoms with Crippen LogP contribution in [0.4, 0.5) is 0 Å². The zero-order valence-corrected chi connectivity index (χ0v) is 55.1. The molecule has 1 fully saturated rings. The largest absolute Gasteiger partial charge is 0.390 e. The van der Waals surface area contributed by atoms with Crippen molar-refractivity contribution in [2.75, 3.05) is 20.6 Å². The van der Waals surface area contributed by atoms with E-state index in [9.17, 15) is 57.8 Å². The van der Waals surface area contributed by atoms with Crippen LogP contribution in [0.2, 0.25) is 0 Å². The third-order valence-electron chi connectivity index (χ3n) is 15.4. The minimum absolute atomic E-state index is 0.000714. The monoisotopic (exact) mass is 1200 g/mol. The number of aliphatic hydroxyl groups is 1. The van der Waals surface area contributed by atoms with Gasteiger partial charge >= 0.3 is 0 Å². The third-order valence-corrected chi connectivity index (χ3v) is 15.4. The summed E-state index contributed by atoms with van der Waals surface area (Å²) in [6.07, 6.45) is 6.86. The number of amides is 11. The molecule has 0 spiro atoms. The zero-order chi connectivity index (χ0) is 65.3. The van der Waals surface area contributed by atoms with E-state index in [-0.39, 0.29) is 61.3 Å². The highest BCUT2D eigenvalue weighted by atomic mass is 16.3. The summed E-state index contributed by atoms with van der Waals surface area (Å²) in [5.74, 6) is -8.21. The lowest BCUT2D eigenvalue weighted by Crippen LogP contribution is -2.63. The van der Waals surface area contributed by atoms with E-state index in [1.807, 2.05) is 81.4 Å². The average Bonchev–Trinajstić information content (AvgIpc) is 3.86. The van der Waals surface area contributed by atoms with Crippen molar-refractivity contribution >= 4 is 65.5 Å². The van der Waals surface area contributed by atoms with Gasteiger partial charge in [-0.2, -0.15) is 0 Å². The number of hydrogen-bond acceptors (Lipinski definition) is 12. The number of nitrogens with zero attached hydrogens (tertiary/aromatic N) is 3. The average molecular weight is 1200 g/mol. The summed E-state index contributed by atoms with van der Waals surface area (Å²) in [4.78, 5) is 156. The molecular formula is C62H111N11O12. The van der Waals surface area contributed by atoms with E-state index in [1.54, 1.807) is 46.4 Å². The van der Waals surface area contributed by atoms with Gasteiger partial charge in [-0.3, -0.25) is 52.7 Å². The quantitative estimate of drug-likeness (QED) is 0.0319. The number of allylic oxidation sites excluding steroid dienone is 2. The molecule has 9 N–H and O–H groups in total. The summed E-state index contributed by atoms with van der Waals surface area (Å²) < 4.78 is 0. The van der Waals surface area contributed by atoms with Crippen molar-refractivity contribution in [1.29, 1.82) is 0 Å². The Labute approximate surface area is 508 Å². The molecule has 0 aromatic rings. The second-order valence-electron chi connectivity index (χ2n) is 25.9. The Morgan fingerprint density at radius 3 is 1.40 bits per heavy atom. The fraction of sp³-hybridized carbons (Fsp3) is 0.790. The van der Waals surface area contributed by atoms with Gasteiger partial charge in [0, 0.05) is 26.7 Å². The number of carbonyl (C=O) groups is 11. The van der Waals surface area contributed by atoms with Crippen LogP contribution < -0.4 is 42.5 Å². The van der Waals surface area contributed by atoms with E-state index >= 15 is 0 Å². The fourth-order valence-electron chi connectivity index (χ4n) is 10.1. The molecule has 0 saturated carbocycles. The van der Waals surface area contributed by atoms with Gasteiger partial charge in [0.2, 0.25) is 65.5 Å².